The van der Waals surface area contributed by atoms with Crippen LogP contribution in [0.2, 0.25) is 0 Å². The number of thioether (sulfide) groups is 1. The molecule has 37 heavy (non-hydrogen) atoms. The van der Waals surface area contributed by atoms with Crippen LogP contribution in [0.3, 0.4) is 0 Å². The summed E-state index contributed by atoms with van der Waals surface area (Å²) in [5.41, 5.74) is 2.87. The largest absolute Gasteiger partial charge is 0.332 e. The molecule has 0 bridgehead atoms. The van der Waals surface area contributed by atoms with Crippen molar-refractivity contribution in [3.8, 4) is 0 Å². The van der Waals surface area contributed by atoms with Gasteiger partial charge in [-0.3, -0.25) is 9.59 Å². The van der Waals surface area contributed by atoms with Crippen LogP contribution in [0, 0.1) is 11.8 Å². The van der Waals surface area contributed by atoms with Gasteiger partial charge in [0.05, 0.1) is 33.8 Å². The lowest BCUT2D eigenvalue weighted by Crippen LogP contribution is -2.38. The van der Waals surface area contributed by atoms with Crippen molar-refractivity contribution < 1.29 is 4.79 Å². The Bertz CT molecular complexity index is 1500. The molecule has 4 aromatic rings. The van der Waals surface area contributed by atoms with E-state index in [2.05, 4.69) is 19.9 Å². The maximum Gasteiger partial charge on any atom is 0.254 e. The fourth-order valence-corrected chi connectivity index (χ4v) is 6.96. The minimum atomic E-state index is -0.109. The molecule has 4 heterocycles. The molecular formula is C27H28N6O2S2. The zero-order valence-corrected chi connectivity index (χ0v) is 22.3. The van der Waals surface area contributed by atoms with Gasteiger partial charge in [-0.05, 0) is 62.0 Å². The van der Waals surface area contributed by atoms with Crippen molar-refractivity contribution in [3.05, 3.63) is 74.9 Å². The molecule has 8 nitrogen and oxygen atoms in total. The number of nitrogens with zero attached hydrogens (tertiary/aromatic N) is 5. The Labute approximate surface area is 223 Å². The quantitative estimate of drug-likeness (QED) is 0.369. The Morgan fingerprint density at radius 1 is 1.16 bits per heavy atom. The zero-order chi connectivity index (χ0) is 25.4. The number of amides is 1. The highest BCUT2D eigenvalue weighted by atomic mass is 32.2. The number of hydrogen-bond donors (Lipinski definition) is 1. The average Bonchev–Trinajstić information content (AvgIpc) is 3.54. The van der Waals surface area contributed by atoms with Crippen LogP contribution in [0.5, 0.6) is 0 Å². The molecule has 6 rings (SSSR count). The molecule has 0 radical (unpaired) electrons. The molecule has 1 aliphatic heterocycles. The number of fused-ring (bicyclic) bond motifs is 2. The van der Waals surface area contributed by atoms with Crippen molar-refractivity contribution >= 4 is 39.2 Å². The van der Waals surface area contributed by atoms with E-state index in [1.54, 1.807) is 28.0 Å². The molecule has 1 N–H and O–H groups in total. The van der Waals surface area contributed by atoms with Crippen LogP contribution in [-0.4, -0.2) is 48.5 Å². The smallest absolute Gasteiger partial charge is 0.254 e. The van der Waals surface area contributed by atoms with Gasteiger partial charge in [-0.1, -0.05) is 0 Å². The molecule has 0 spiro atoms. The number of nitrogens with one attached hydrogen (secondary N) is 1. The van der Waals surface area contributed by atoms with Crippen molar-refractivity contribution in [2.24, 2.45) is 11.8 Å². The minimum absolute atomic E-state index is 0.0315. The number of aromatic amines is 1. The monoisotopic (exact) mass is 532 g/mol. The van der Waals surface area contributed by atoms with Crippen LogP contribution in [0.1, 0.15) is 51.7 Å². The first-order valence-corrected chi connectivity index (χ1v) is 14.7. The topological polar surface area (TPSA) is 105 Å². The average molecular weight is 533 g/mol. The van der Waals surface area contributed by atoms with Gasteiger partial charge in [-0.25, -0.2) is 19.9 Å². The van der Waals surface area contributed by atoms with Crippen LogP contribution in [0.25, 0.3) is 10.2 Å². The third kappa shape index (κ3) is 5.17. The van der Waals surface area contributed by atoms with Gasteiger partial charge >= 0.3 is 0 Å². The second kappa shape index (κ2) is 10.3. The Hall–Kier alpha value is -3.11. The van der Waals surface area contributed by atoms with E-state index in [1.807, 2.05) is 36.8 Å². The first kappa shape index (κ1) is 24.2. The van der Waals surface area contributed by atoms with E-state index in [-0.39, 0.29) is 11.5 Å². The number of H-pyrrole nitrogens is 1. The zero-order valence-electron chi connectivity index (χ0n) is 20.6. The molecule has 3 aromatic heterocycles. The van der Waals surface area contributed by atoms with Crippen molar-refractivity contribution in [2.75, 3.05) is 12.8 Å². The Kier molecular flexibility index (Phi) is 6.77. The molecule has 1 amide bonds. The van der Waals surface area contributed by atoms with Crippen LogP contribution in [0.4, 0.5) is 0 Å². The third-order valence-corrected chi connectivity index (χ3v) is 9.20. The second-order valence-corrected chi connectivity index (χ2v) is 11.9. The summed E-state index contributed by atoms with van der Waals surface area (Å²) in [6.07, 6.45) is 13.3. The summed E-state index contributed by atoms with van der Waals surface area (Å²) in [6.45, 7) is 0.877. The second-order valence-electron chi connectivity index (χ2n) is 9.92. The molecular weight excluding hydrogens is 504 g/mol. The summed E-state index contributed by atoms with van der Waals surface area (Å²) >= 11 is 3.36. The Balaban J connectivity index is 1.09. The van der Waals surface area contributed by atoms with Crippen LogP contribution in [-0.2, 0) is 25.8 Å². The number of hydrogen-bond acceptors (Lipinski definition) is 8. The molecule has 1 aliphatic carbocycles. The molecule has 2 atom stereocenters. The van der Waals surface area contributed by atoms with E-state index in [9.17, 15) is 9.59 Å². The SMILES string of the molecule is CSc1cnc(C[C@H]2CC[C@H](Cc3nc4ccc(C(=O)N5CCc6c(nc[nH]c6=O)C5)cc4s3)C2)nc1. The highest BCUT2D eigenvalue weighted by Crippen LogP contribution is 2.36. The summed E-state index contributed by atoms with van der Waals surface area (Å²) in [6, 6.07) is 5.78. The highest BCUT2D eigenvalue weighted by Gasteiger charge is 2.27. The van der Waals surface area contributed by atoms with Crippen molar-refractivity contribution in [2.45, 2.75) is 50.0 Å². The first-order chi connectivity index (χ1) is 18.1. The summed E-state index contributed by atoms with van der Waals surface area (Å²) < 4.78 is 1.05. The fraction of sp³-hybridized carbons (Fsp3) is 0.407. The molecule has 190 valence electrons. The third-order valence-electron chi connectivity index (χ3n) is 7.48. The molecule has 1 fully saturated rings. The number of thiazole rings is 1. The Morgan fingerprint density at radius 3 is 2.78 bits per heavy atom. The molecule has 1 aromatic carbocycles. The van der Waals surface area contributed by atoms with Gasteiger partial charge in [0.25, 0.3) is 11.5 Å². The number of carbonyl (C=O) groups is 1. The van der Waals surface area contributed by atoms with Gasteiger partial charge in [-0.15, -0.1) is 23.1 Å². The Morgan fingerprint density at radius 2 is 1.97 bits per heavy atom. The van der Waals surface area contributed by atoms with Crippen LogP contribution >= 0.6 is 23.1 Å². The van der Waals surface area contributed by atoms with E-state index < -0.39 is 0 Å². The van der Waals surface area contributed by atoms with Gasteiger partial charge in [0.1, 0.15) is 5.82 Å². The lowest BCUT2D eigenvalue weighted by Gasteiger charge is -2.27. The van der Waals surface area contributed by atoms with Crippen molar-refractivity contribution in [1.29, 1.82) is 0 Å². The lowest BCUT2D eigenvalue weighted by atomic mass is 9.99. The summed E-state index contributed by atoms with van der Waals surface area (Å²) in [5.74, 6) is 2.17. The van der Waals surface area contributed by atoms with Gasteiger partial charge in [0, 0.05) is 47.8 Å². The number of rotatable bonds is 6. The van der Waals surface area contributed by atoms with Gasteiger partial charge in [-0.2, -0.15) is 0 Å². The molecule has 2 aliphatic rings. The van der Waals surface area contributed by atoms with Crippen molar-refractivity contribution in [1.82, 2.24) is 29.8 Å². The maximum absolute atomic E-state index is 13.2. The predicted molar refractivity (Wildman–Crippen MR) is 145 cm³/mol. The molecule has 1 saturated carbocycles. The standard InChI is InChI=1S/C27H28N6O2S2/c1-36-19-12-28-24(29-13-19)9-16-2-3-17(8-16)10-25-32-21-5-4-18(11-23(21)37-25)27(35)33-7-6-20-22(14-33)30-15-31-26(20)34/h4-5,11-13,15-17H,2-3,6-10,14H2,1H3,(H,30,31,34)/t16-,17-/m0/s1. The number of aromatic nitrogens is 5. The van der Waals surface area contributed by atoms with Gasteiger partial charge in [0.2, 0.25) is 0 Å². The summed E-state index contributed by atoms with van der Waals surface area (Å²) in [5, 5.41) is 1.14. The van der Waals surface area contributed by atoms with Crippen molar-refractivity contribution in [3.63, 3.8) is 0 Å². The van der Waals surface area contributed by atoms with E-state index in [0.29, 0.717) is 48.2 Å². The predicted octanol–water partition coefficient (Wildman–Crippen LogP) is 4.29. The number of benzene rings is 1. The van der Waals surface area contributed by atoms with E-state index in [1.165, 1.54) is 25.6 Å². The normalized spacial score (nSPS) is 19.3. The van der Waals surface area contributed by atoms with E-state index >= 15 is 0 Å². The van der Waals surface area contributed by atoms with E-state index in [0.717, 1.165) is 38.8 Å². The summed E-state index contributed by atoms with van der Waals surface area (Å²) in [7, 11) is 0. The van der Waals surface area contributed by atoms with Crippen LogP contribution in [0.15, 0.2) is 46.6 Å². The van der Waals surface area contributed by atoms with Gasteiger partial charge in [0.15, 0.2) is 0 Å². The highest BCUT2D eigenvalue weighted by molar-refractivity contribution is 7.98. The molecule has 10 heteroatoms. The maximum atomic E-state index is 13.2. The lowest BCUT2D eigenvalue weighted by molar-refractivity contribution is 0.0731. The fourth-order valence-electron chi connectivity index (χ4n) is 5.52. The molecule has 0 saturated heterocycles. The molecule has 0 unspecified atom stereocenters. The van der Waals surface area contributed by atoms with Gasteiger partial charge < -0.3 is 9.88 Å². The first-order valence-electron chi connectivity index (χ1n) is 12.6. The van der Waals surface area contributed by atoms with Crippen LogP contribution < -0.4 is 5.56 Å². The number of carbonyl (C=O) groups excluding carboxylic acids is 1. The minimum Gasteiger partial charge on any atom is -0.332 e. The summed E-state index contributed by atoms with van der Waals surface area (Å²) in [4.78, 5) is 48.9. The van der Waals surface area contributed by atoms with E-state index in [4.69, 9.17) is 4.98 Å².